The van der Waals surface area contributed by atoms with Crippen molar-refractivity contribution >= 4 is 22.1 Å². The number of nitrogens with one attached hydrogen (secondary N) is 1. The fraction of sp³-hybridized carbons (Fsp3) is 0.800. The lowest BCUT2D eigenvalue weighted by Crippen LogP contribution is -2.50. The van der Waals surface area contributed by atoms with Gasteiger partial charge in [-0.25, -0.2) is 0 Å². The highest BCUT2D eigenvalue weighted by Crippen LogP contribution is 2.21. The second-order valence-electron chi connectivity index (χ2n) is 4.20. The second-order valence-corrected chi connectivity index (χ2v) is 5.86. The average Bonchev–Trinajstić information content (AvgIpc) is 2.78. The lowest BCUT2D eigenvalue weighted by molar-refractivity contribution is -0.146. The summed E-state index contributed by atoms with van der Waals surface area (Å²) in [5.41, 5.74) is 0. The minimum atomic E-state index is -4.02. The third-order valence-corrected chi connectivity index (χ3v) is 4.47. The van der Waals surface area contributed by atoms with Crippen molar-refractivity contribution in [2.24, 2.45) is 0 Å². The molecular formula is C10H18N2O6S. The number of carbonyl (C=O) groups is 2. The highest BCUT2D eigenvalue weighted by molar-refractivity contribution is 7.87. The lowest BCUT2D eigenvalue weighted by Gasteiger charge is -2.23. The molecule has 0 bridgehead atoms. The first-order valence-electron chi connectivity index (χ1n) is 5.98. The molecule has 2 N–H and O–H groups in total. The summed E-state index contributed by atoms with van der Waals surface area (Å²) < 4.78 is 31.8. The zero-order chi connectivity index (χ0) is 14.6. The lowest BCUT2D eigenvalue weighted by atomic mass is 10.2. The van der Waals surface area contributed by atoms with Crippen LogP contribution in [0, 0.1) is 0 Å². The highest BCUT2D eigenvalue weighted by atomic mass is 32.2. The predicted molar refractivity (Wildman–Crippen MR) is 65.5 cm³/mol. The monoisotopic (exact) mass is 294 g/mol. The summed E-state index contributed by atoms with van der Waals surface area (Å²) in [7, 11) is -4.02. The molecule has 2 atom stereocenters. The minimum absolute atomic E-state index is 0.169. The Balaban J connectivity index is 2.82. The molecule has 110 valence electrons. The number of esters is 1. The van der Waals surface area contributed by atoms with Gasteiger partial charge in [-0.1, -0.05) is 0 Å². The van der Waals surface area contributed by atoms with E-state index in [9.17, 15) is 18.0 Å². The van der Waals surface area contributed by atoms with Crippen LogP contribution in [0.4, 0.5) is 0 Å². The molecule has 8 nitrogen and oxygen atoms in total. The van der Waals surface area contributed by atoms with E-state index in [0.717, 1.165) is 4.31 Å². The van der Waals surface area contributed by atoms with Gasteiger partial charge in [0, 0.05) is 6.54 Å². The number of ether oxygens (including phenoxy) is 1. The SMILES string of the molecule is CCOC(=O)C1CCCN1S(=O)(=O)N[C@H](C)C(=O)O. The van der Waals surface area contributed by atoms with Crippen LogP contribution in [0.25, 0.3) is 0 Å². The predicted octanol–water partition coefficient (Wildman–Crippen LogP) is -0.679. The number of carboxylic acids is 1. The molecule has 1 rings (SSSR count). The van der Waals surface area contributed by atoms with Crippen LogP contribution < -0.4 is 4.72 Å². The van der Waals surface area contributed by atoms with Crippen LogP contribution >= 0.6 is 0 Å². The molecule has 1 fully saturated rings. The highest BCUT2D eigenvalue weighted by Gasteiger charge is 2.40. The molecule has 0 aromatic heterocycles. The van der Waals surface area contributed by atoms with Crippen molar-refractivity contribution in [1.82, 2.24) is 9.03 Å². The second kappa shape index (κ2) is 6.31. The maximum atomic E-state index is 12.0. The summed E-state index contributed by atoms with van der Waals surface area (Å²) >= 11 is 0. The molecule has 1 saturated heterocycles. The Bertz CT molecular complexity index is 449. The summed E-state index contributed by atoms with van der Waals surface area (Å²) in [6.07, 6.45) is 0.910. The van der Waals surface area contributed by atoms with E-state index in [1.54, 1.807) is 6.92 Å². The van der Waals surface area contributed by atoms with Gasteiger partial charge < -0.3 is 9.84 Å². The van der Waals surface area contributed by atoms with Crippen LogP contribution in [0.2, 0.25) is 0 Å². The van der Waals surface area contributed by atoms with Crippen LogP contribution in [0.3, 0.4) is 0 Å². The van der Waals surface area contributed by atoms with E-state index < -0.39 is 34.2 Å². The van der Waals surface area contributed by atoms with Gasteiger partial charge in [-0.3, -0.25) is 9.59 Å². The number of carboxylic acid groups (broad SMARTS) is 1. The van der Waals surface area contributed by atoms with Gasteiger partial charge in [-0.05, 0) is 26.7 Å². The van der Waals surface area contributed by atoms with Crippen molar-refractivity contribution in [3.05, 3.63) is 0 Å². The van der Waals surface area contributed by atoms with Gasteiger partial charge in [0.05, 0.1) is 6.61 Å². The Morgan fingerprint density at radius 1 is 1.53 bits per heavy atom. The molecule has 0 aromatic carbocycles. The van der Waals surface area contributed by atoms with Gasteiger partial charge >= 0.3 is 11.9 Å². The Hall–Kier alpha value is -1.19. The van der Waals surface area contributed by atoms with Crippen molar-refractivity contribution in [1.29, 1.82) is 0 Å². The van der Waals surface area contributed by atoms with E-state index in [-0.39, 0.29) is 13.2 Å². The largest absolute Gasteiger partial charge is 0.480 e. The molecule has 0 radical (unpaired) electrons. The molecule has 19 heavy (non-hydrogen) atoms. The van der Waals surface area contributed by atoms with Crippen LogP contribution in [-0.4, -0.2) is 55.0 Å². The topological polar surface area (TPSA) is 113 Å². The quantitative estimate of drug-likeness (QED) is 0.628. The number of hydrogen-bond acceptors (Lipinski definition) is 5. The van der Waals surface area contributed by atoms with E-state index in [0.29, 0.717) is 12.8 Å². The Morgan fingerprint density at radius 3 is 2.68 bits per heavy atom. The minimum Gasteiger partial charge on any atom is -0.480 e. The molecular weight excluding hydrogens is 276 g/mol. The summed E-state index contributed by atoms with van der Waals surface area (Å²) in [6.45, 7) is 3.19. The van der Waals surface area contributed by atoms with Crippen molar-refractivity contribution in [2.75, 3.05) is 13.2 Å². The molecule has 1 unspecified atom stereocenters. The van der Waals surface area contributed by atoms with Crippen molar-refractivity contribution in [2.45, 2.75) is 38.8 Å². The van der Waals surface area contributed by atoms with Gasteiger partial charge in [0.1, 0.15) is 12.1 Å². The maximum absolute atomic E-state index is 12.0. The van der Waals surface area contributed by atoms with E-state index in [2.05, 4.69) is 0 Å². The Kier molecular flexibility index (Phi) is 5.27. The fourth-order valence-corrected chi connectivity index (χ4v) is 3.42. The molecule has 0 aromatic rings. The van der Waals surface area contributed by atoms with Gasteiger partial charge in [-0.15, -0.1) is 0 Å². The maximum Gasteiger partial charge on any atom is 0.324 e. The Morgan fingerprint density at radius 2 is 2.16 bits per heavy atom. The summed E-state index contributed by atoms with van der Waals surface area (Å²) in [5.74, 6) is -1.89. The first-order chi connectivity index (χ1) is 8.79. The van der Waals surface area contributed by atoms with Crippen LogP contribution in [0.1, 0.15) is 26.7 Å². The first-order valence-corrected chi connectivity index (χ1v) is 7.42. The standard InChI is InChI=1S/C10H18N2O6S/c1-3-18-10(15)8-5-4-6-12(8)19(16,17)11-7(2)9(13)14/h7-8,11H,3-6H2,1-2H3,(H,13,14)/t7-,8?/m1/s1. The van der Waals surface area contributed by atoms with Gasteiger partial charge in [0.15, 0.2) is 0 Å². The van der Waals surface area contributed by atoms with Gasteiger partial charge in [0.25, 0.3) is 10.2 Å². The Labute approximate surface area is 111 Å². The summed E-state index contributed by atoms with van der Waals surface area (Å²) in [4.78, 5) is 22.3. The van der Waals surface area contributed by atoms with E-state index in [1.165, 1.54) is 6.92 Å². The normalized spacial score (nSPS) is 22.1. The van der Waals surface area contributed by atoms with Gasteiger partial charge in [-0.2, -0.15) is 17.4 Å². The molecule has 1 heterocycles. The van der Waals surface area contributed by atoms with Crippen molar-refractivity contribution in [3.63, 3.8) is 0 Å². The van der Waals surface area contributed by atoms with E-state index in [1.807, 2.05) is 4.72 Å². The zero-order valence-corrected chi connectivity index (χ0v) is 11.6. The number of hydrogen-bond donors (Lipinski definition) is 2. The number of carbonyl (C=O) groups excluding carboxylic acids is 1. The van der Waals surface area contributed by atoms with Crippen LogP contribution in [0.15, 0.2) is 0 Å². The van der Waals surface area contributed by atoms with Gasteiger partial charge in [0.2, 0.25) is 0 Å². The summed E-state index contributed by atoms with van der Waals surface area (Å²) in [5, 5.41) is 8.71. The average molecular weight is 294 g/mol. The third kappa shape index (κ3) is 3.88. The van der Waals surface area contributed by atoms with Crippen LogP contribution in [-0.2, 0) is 24.5 Å². The molecule has 0 amide bonds. The zero-order valence-electron chi connectivity index (χ0n) is 10.8. The smallest absolute Gasteiger partial charge is 0.324 e. The first kappa shape index (κ1) is 15.9. The summed E-state index contributed by atoms with van der Waals surface area (Å²) in [6, 6.07) is -2.13. The third-order valence-electron chi connectivity index (χ3n) is 2.77. The number of aliphatic carboxylic acids is 1. The fourth-order valence-electron chi connectivity index (χ4n) is 1.84. The van der Waals surface area contributed by atoms with E-state index in [4.69, 9.17) is 9.84 Å². The van der Waals surface area contributed by atoms with E-state index >= 15 is 0 Å². The molecule has 1 aliphatic rings. The molecule has 9 heteroatoms. The van der Waals surface area contributed by atoms with Crippen LogP contribution in [0.5, 0.6) is 0 Å². The molecule has 0 spiro atoms. The van der Waals surface area contributed by atoms with Crippen molar-refractivity contribution < 1.29 is 27.9 Å². The molecule has 0 saturated carbocycles. The number of nitrogens with zero attached hydrogens (tertiary/aromatic N) is 1. The number of rotatable bonds is 6. The molecule has 0 aliphatic carbocycles. The van der Waals surface area contributed by atoms with Crippen molar-refractivity contribution in [3.8, 4) is 0 Å². The molecule has 1 aliphatic heterocycles.